The molecule has 0 saturated carbocycles. The van der Waals surface area contributed by atoms with Crippen LogP contribution in [-0.2, 0) is 14.3 Å². The summed E-state index contributed by atoms with van der Waals surface area (Å²) in [4.78, 5) is 37.7. The Labute approximate surface area is 164 Å². The molecule has 0 bridgehead atoms. The van der Waals surface area contributed by atoms with Gasteiger partial charge in [-0.2, -0.15) is 0 Å². The number of rotatable bonds is 8. The second-order valence-corrected chi connectivity index (χ2v) is 5.93. The average molecular weight is 384 g/mol. The van der Waals surface area contributed by atoms with E-state index in [9.17, 15) is 14.4 Å². The first-order chi connectivity index (χ1) is 13.5. The van der Waals surface area contributed by atoms with Crippen LogP contribution in [0.15, 0.2) is 48.5 Å². The highest BCUT2D eigenvalue weighted by Crippen LogP contribution is 2.22. The molecule has 0 spiro atoms. The minimum Gasteiger partial charge on any atom is -0.494 e. The van der Waals surface area contributed by atoms with Gasteiger partial charge in [-0.05, 0) is 43.3 Å². The summed E-state index contributed by atoms with van der Waals surface area (Å²) in [5.74, 6) is -0.334. The van der Waals surface area contributed by atoms with Crippen molar-refractivity contribution in [1.29, 1.82) is 0 Å². The molecule has 0 heterocycles. The molecule has 0 aliphatic heterocycles. The molecule has 0 radical (unpaired) electrons. The fourth-order valence-electron chi connectivity index (χ4n) is 2.68. The second-order valence-electron chi connectivity index (χ2n) is 5.93. The number of esters is 1. The predicted octanol–water partition coefficient (Wildman–Crippen LogP) is 3.25. The van der Waals surface area contributed by atoms with E-state index in [4.69, 9.17) is 9.47 Å². The van der Waals surface area contributed by atoms with E-state index in [-0.39, 0.29) is 30.3 Å². The summed E-state index contributed by atoms with van der Waals surface area (Å²) >= 11 is 0. The molecule has 1 N–H and O–H groups in total. The number of para-hydroxylation sites is 1. The van der Waals surface area contributed by atoms with Gasteiger partial charge in [0.2, 0.25) is 11.8 Å². The van der Waals surface area contributed by atoms with Crippen LogP contribution in [0.2, 0.25) is 0 Å². The molecule has 0 aliphatic carbocycles. The summed E-state index contributed by atoms with van der Waals surface area (Å²) in [6.45, 7) is 3.99. The number of amides is 2. The lowest BCUT2D eigenvalue weighted by molar-refractivity contribution is -0.117. The molecule has 2 aromatic carbocycles. The van der Waals surface area contributed by atoms with Crippen molar-refractivity contribution >= 4 is 29.2 Å². The quantitative estimate of drug-likeness (QED) is 0.706. The molecular weight excluding hydrogens is 360 g/mol. The number of hydrogen-bond donors (Lipinski definition) is 1. The fraction of sp³-hybridized carbons (Fsp3) is 0.286. The molecule has 7 heteroatoms. The first kappa shape index (κ1) is 21.0. The molecule has 0 atom stereocenters. The standard InChI is InChI=1S/C21H24N2O5/c1-4-28-17-11-9-16(10-12-17)22-20(25)13-14-23(15(2)24)19-8-6-5-7-18(19)21(26)27-3/h5-12H,4,13-14H2,1-3H3,(H,22,25). The van der Waals surface area contributed by atoms with Crippen LogP contribution in [0.4, 0.5) is 11.4 Å². The molecule has 28 heavy (non-hydrogen) atoms. The van der Waals surface area contributed by atoms with Gasteiger partial charge in [0.05, 0.1) is 25.0 Å². The van der Waals surface area contributed by atoms with E-state index in [2.05, 4.69) is 5.32 Å². The lowest BCUT2D eigenvalue weighted by Crippen LogP contribution is -2.33. The van der Waals surface area contributed by atoms with Gasteiger partial charge in [-0.25, -0.2) is 4.79 Å². The molecule has 0 aliphatic rings. The normalized spacial score (nSPS) is 10.1. The maximum atomic E-state index is 12.3. The van der Waals surface area contributed by atoms with Crippen LogP contribution in [0.3, 0.4) is 0 Å². The van der Waals surface area contributed by atoms with Gasteiger partial charge in [0.25, 0.3) is 0 Å². The van der Waals surface area contributed by atoms with Gasteiger partial charge in [-0.3, -0.25) is 9.59 Å². The van der Waals surface area contributed by atoms with E-state index in [1.807, 2.05) is 6.92 Å². The van der Waals surface area contributed by atoms with Crippen molar-refractivity contribution in [2.75, 3.05) is 30.5 Å². The Bertz CT molecular complexity index is 833. The highest BCUT2D eigenvalue weighted by Gasteiger charge is 2.20. The van der Waals surface area contributed by atoms with E-state index < -0.39 is 5.97 Å². The van der Waals surface area contributed by atoms with E-state index in [0.717, 1.165) is 5.75 Å². The van der Waals surface area contributed by atoms with Crippen molar-refractivity contribution < 1.29 is 23.9 Å². The van der Waals surface area contributed by atoms with Gasteiger partial charge < -0.3 is 19.7 Å². The summed E-state index contributed by atoms with van der Waals surface area (Å²) < 4.78 is 10.1. The Morgan fingerprint density at radius 1 is 1.04 bits per heavy atom. The van der Waals surface area contributed by atoms with Crippen molar-refractivity contribution in [1.82, 2.24) is 0 Å². The van der Waals surface area contributed by atoms with Crippen LogP contribution >= 0.6 is 0 Å². The van der Waals surface area contributed by atoms with E-state index in [1.165, 1.54) is 18.9 Å². The Morgan fingerprint density at radius 3 is 2.32 bits per heavy atom. The van der Waals surface area contributed by atoms with E-state index in [1.54, 1.807) is 48.5 Å². The Balaban J connectivity index is 2.05. The molecule has 148 valence electrons. The molecule has 2 aromatic rings. The number of hydrogen-bond acceptors (Lipinski definition) is 5. The maximum absolute atomic E-state index is 12.3. The molecule has 0 saturated heterocycles. The zero-order valence-electron chi connectivity index (χ0n) is 16.2. The number of nitrogens with zero attached hydrogens (tertiary/aromatic N) is 1. The maximum Gasteiger partial charge on any atom is 0.339 e. The molecule has 0 unspecified atom stereocenters. The number of nitrogens with one attached hydrogen (secondary N) is 1. The van der Waals surface area contributed by atoms with Crippen molar-refractivity contribution in [3.8, 4) is 5.75 Å². The number of carbonyl (C=O) groups excluding carboxylic acids is 3. The first-order valence-electron chi connectivity index (χ1n) is 8.94. The highest BCUT2D eigenvalue weighted by atomic mass is 16.5. The largest absolute Gasteiger partial charge is 0.494 e. The fourth-order valence-corrected chi connectivity index (χ4v) is 2.68. The third kappa shape index (κ3) is 5.57. The minimum atomic E-state index is -0.541. The van der Waals surface area contributed by atoms with Gasteiger partial charge in [0.15, 0.2) is 0 Å². The van der Waals surface area contributed by atoms with Crippen LogP contribution in [0.25, 0.3) is 0 Å². The third-order valence-electron chi connectivity index (χ3n) is 3.99. The average Bonchev–Trinajstić information content (AvgIpc) is 2.69. The number of carbonyl (C=O) groups is 3. The van der Waals surface area contributed by atoms with Gasteiger partial charge >= 0.3 is 5.97 Å². The van der Waals surface area contributed by atoms with Gasteiger partial charge in [-0.1, -0.05) is 12.1 Å². The van der Waals surface area contributed by atoms with Crippen molar-refractivity contribution in [3.63, 3.8) is 0 Å². The SMILES string of the molecule is CCOc1ccc(NC(=O)CCN(C(C)=O)c2ccccc2C(=O)OC)cc1. The van der Waals surface area contributed by atoms with Gasteiger partial charge in [-0.15, -0.1) is 0 Å². The van der Waals surface area contributed by atoms with Crippen molar-refractivity contribution in [2.45, 2.75) is 20.3 Å². The Kier molecular flexibility index (Phi) is 7.56. The monoisotopic (exact) mass is 384 g/mol. The minimum absolute atomic E-state index is 0.0717. The van der Waals surface area contributed by atoms with Gasteiger partial charge in [0.1, 0.15) is 5.75 Å². The lowest BCUT2D eigenvalue weighted by Gasteiger charge is -2.23. The summed E-state index contributed by atoms with van der Waals surface area (Å²) in [5, 5.41) is 2.78. The van der Waals surface area contributed by atoms with Crippen LogP contribution in [0.1, 0.15) is 30.6 Å². The van der Waals surface area contributed by atoms with Crippen molar-refractivity contribution in [3.05, 3.63) is 54.1 Å². The third-order valence-corrected chi connectivity index (χ3v) is 3.99. The Hall–Kier alpha value is -3.35. The second kappa shape index (κ2) is 10.1. The summed E-state index contributed by atoms with van der Waals surface area (Å²) in [7, 11) is 1.28. The van der Waals surface area contributed by atoms with Crippen LogP contribution in [-0.4, -0.2) is 38.0 Å². The highest BCUT2D eigenvalue weighted by molar-refractivity contribution is 6.02. The first-order valence-corrected chi connectivity index (χ1v) is 8.94. The van der Waals surface area contributed by atoms with E-state index in [0.29, 0.717) is 18.0 Å². The topological polar surface area (TPSA) is 84.9 Å². The zero-order valence-corrected chi connectivity index (χ0v) is 16.2. The molecule has 2 amide bonds. The van der Waals surface area contributed by atoms with Crippen LogP contribution in [0, 0.1) is 0 Å². The summed E-state index contributed by atoms with van der Waals surface area (Å²) in [6.07, 6.45) is 0.0717. The predicted molar refractivity (Wildman–Crippen MR) is 107 cm³/mol. The molecule has 7 nitrogen and oxygen atoms in total. The van der Waals surface area contributed by atoms with Crippen LogP contribution < -0.4 is 15.0 Å². The molecule has 0 aromatic heterocycles. The molecule has 2 rings (SSSR count). The number of anilines is 2. The van der Waals surface area contributed by atoms with Crippen LogP contribution in [0.5, 0.6) is 5.75 Å². The van der Waals surface area contributed by atoms with E-state index >= 15 is 0 Å². The number of ether oxygens (including phenoxy) is 2. The summed E-state index contributed by atoms with van der Waals surface area (Å²) in [6, 6.07) is 13.7. The lowest BCUT2D eigenvalue weighted by atomic mass is 10.1. The summed E-state index contributed by atoms with van der Waals surface area (Å²) in [5.41, 5.74) is 1.32. The van der Waals surface area contributed by atoms with Gasteiger partial charge in [0, 0.05) is 25.6 Å². The number of methoxy groups -OCH3 is 1. The molecule has 0 fully saturated rings. The smallest absolute Gasteiger partial charge is 0.339 e. The van der Waals surface area contributed by atoms with Crippen molar-refractivity contribution in [2.24, 2.45) is 0 Å². The molecular formula is C21H24N2O5. The Morgan fingerprint density at radius 2 is 1.71 bits per heavy atom. The zero-order chi connectivity index (χ0) is 20.5. The number of benzene rings is 2.